The average molecular weight is 348 g/mol. The van der Waals surface area contributed by atoms with Gasteiger partial charge in [0.15, 0.2) is 0 Å². The first-order valence-corrected chi connectivity index (χ1v) is 8.56. The molecule has 0 amide bonds. The highest BCUT2D eigenvalue weighted by molar-refractivity contribution is 9.10. The van der Waals surface area contributed by atoms with Gasteiger partial charge in [-0.05, 0) is 41.9 Å². The van der Waals surface area contributed by atoms with E-state index in [1.807, 2.05) is 7.05 Å². The summed E-state index contributed by atoms with van der Waals surface area (Å²) in [7, 11) is -1.61. The van der Waals surface area contributed by atoms with Gasteiger partial charge < -0.3 is 5.32 Å². The van der Waals surface area contributed by atoms with Crippen LogP contribution < -0.4 is 5.32 Å². The summed E-state index contributed by atoms with van der Waals surface area (Å²) in [5.41, 5.74) is 0. The summed E-state index contributed by atoms with van der Waals surface area (Å²) in [5.74, 6) is 0. The first kappa shape index (κ1) is 14.9. The van der Waals surface area contributed by atoms with Crippen molar-refractivity contribution in [1.82, 2.24) is 14.6 Å². The largest absolute Gasteiger partial charge is 0.318 e. The molecule has 0 aliphatic carbocycles. The van der Waals surface area contributed by atoms with Crippen LogP contribution in [0.1, 0.15) is 19.3 Å². The lowest BCUT2D eigenvalue weighted by Crippen LogP contribution is -2.47. The van der Waals surface area contributed by atoms with Crippen molar-refractivity contribution in [1.29, 1.82) is 0 Å². The number of hydrogen-bond acceptors (Lipinski definition) is 4. The van der Waals surface area contributed by atoms with Crippen molar-refractivity contribution in [3.05, 3.63) is 22.9 Å². The number of hydrogen-bond donors (Lipinski definition) is 1. The topological polar surface area (TPSA) is 62.3 Å². The van der Waals surface area contributed by atoms with Crippen molar-refractivity contribution < 1.29 is 8.42 Å². The second kappa shape index (κ2) is 6.30. The van der Waals surface area contributed by atoms with Gasteiger partial charge in [-0.2, -0.15) is 4.31 Å². The fourth-order valence-corrected chi connectivity index (χ4v) is 4.60. The van der Waals surface area contributed by atoms with Crippen LogP contribution in [0.4, 0.5) is 0 Å². The molecule has 7 heteroatoms. The van der Waals surface area contributed by atoms with E-state index < -0.39 is 10.0 Å². The summed E-state index contributed by atoms with van der Waals surface area (Å²) >= 11 is 3.27. The molecule has 1 aliphatic rings. The Kier molecular flexibility index (Phi) is 4.94. The maximum atomic E-state index is 12.7. The van der Waals surface area contributed by atoms with Gasteiger partial charge in [0.2, 0.25) is 10.0 Å². The van der Waals surface area contributed by atoms with Crippen LogP contribution >= 0.6 is 15.9 Å². The molecule has 1 aromatic rings. The monoisotopic (exact) mass is 347 g/mol. The first-order chi connectivity index (χ1) is 9.05. The van der Waals surface area contributed by atoms with Crippen LogP contribution in [0.15, 0.2) is 27.8 Å². The minimum absolute atomic E-state index is 0.0303. The predicted octanol–water partition coefficient (Wildman–Crippen LogP) is 1.61. The molecule has 0 bridgehead atoms. The van der Waals surface area contributed by atoms with E-state index in [9.17, 15) is 8.42 Å². The quantitative estimate of drug-likeness (QED) is 0.898. The highest BCUT2D eigenvalue weighted by atomic mass is 79.9. The van der Waals surface area contributed by atoms with Crippen LogP contribution in [0.5, 0.6) is 0 Å². The second-order valence-electron chi connectivity index (χ2n) is 4.66. The number of nitrogens with zero attached hydrogens (tertiary/aromatic N) is 2. The summed E-state index contributed by atoms with van der Waals surface area (Å²) in [6.07, 6.45) is 5.89. The van der Waals surface area contributed by atoms with Gasteiger partial charge in [0.05, 0.1) is 0 Å². The molecule has 5 nitrogen and oxygen atoms in total. The molecule has 2 heterocycles. The van der Waals surface area contributed by atoms with Crippen molar-refractivity contribution in [2.45, 2.75) is 30.2 Å². The van der Waals surface area contributed by atoms with Crippen molar-refractivity contribution >= 4 is 26.0 Å². The number of aromatic nitrogens is 1. The van der Waals surface area contributed by atoms with E-state index in [1.165, 1.54) is 6.20 Å². The van der Waals surface area contributed by atoms with Crippen LogP contribution in [0.2, 0.25) is 0 Å². The van der Waals surface area contributed by atoms with Gasteiger partial charge in [0.1, 0.15) is 4.90 Å². The van der Waals surface area contributed by atoms with Crippen molar-refractivity contribution in [3.63, 3.8) is 0 Å². The van der Waals surface area contributed by atoms with Crippen molar-refractivity contribution in [3.8, 4) is 0 Å². The molecule has 1 fully saturated rings. The smallest absolute Gasteiger partial charge is 0.244 e. The minimum atomic E-state index is -3.46. The molecule has 2 rings (SSSR count). The zero-order valence-corrected chi connectivity index (χ0v) is 13.2. The summed E-state index contributed by atoms with van der Waals surface area (Å²) in [4.78, 5) is 4.20. The van der Waals surface area contributed by atoms with E-state index in [0.717, 1.165) is 19.3 Å². The molecule has 0 aromatic carbocycles. The molecular weight excluding hydrogens is 330 g/mol. The highest BCUT2D eigenvalue weighted by Gasteiger charge is 2.33. The van der Waals surface area contributed by atoms with E-state index in [-0.39, 0.29) is 10.9 Å². The van der Waals surface area contributed by atoms with Crippen LogP contribution in [-0.4, -0.2) is 43.9 Å². The summed E-state index contributed by atoms with van der Waals surface area (Å²) < 4.78 is 27.6. The molecule has 0 saturated carbocycles. The van der Waals surface area contributed by atoms with Gasteiger partial charge in [-0.25, -0.2) is 8.42 Å². The van der Waals surface area contributed by atoms with Crippen LogP contribution in [0, 0.1) is 0 Å². The lowest BCUT2D eigenvalue weighted by atomic mass is 10.1. The zero-order chi connectivity index (χ0) is 13.9. The Morgan fingerprint density at radius 1 is 1.47 bits per heavy atom. The Hall–Kier alpha value is -0.500. The Bertz CT molecular complexity index is 534. The number of sulfonamides is 1. The molecule has 1 saturated heterocycles. The van der Waals surface area contributed by atoms with Crippen LogP contribution in [-0.2, 0) is 10.0 Å². The van der Waals surface area contributed by atoms with Gasteiger partial charge in [0, 0.05) is 36.0 Å². The first-order valence-electron chi connectivity index (χ1n) is 6.32. The predicted molar refractivity (Wildman–Crippen MR) is 77.4 cm³/mol. The minimum Gasteiger partial charge on any atom is -0.318 e. The van der Waals surface area contributed by atoms with E-state index >= 15 is 0 Å². The molecule has 1 unspecified atom stereocenters. The number of halogens is 1. The molecule has 106 valence electrons. The van der Waals surface area contributed by atoms with E-state index in [0.29, 0.717) is 17.6 Å². The average Bonchev–Trinajstić information content (AvgIpc) is 2.39. The summed E-state index contributed by atoms with van der Waals surface area (Å²) in [5, 5.41) is 3.07. The SMILES string of the molecule is CNCC1CCCCN1S(=O)(=O)c1cncc(Br)c1. The van der Waals surface area contributed by atoms with Gasteiger partial charge in [-0.3, -0.25) is 4.98 Å². The lowest BCUT2D eigenvalue weighted by molar-refractivity contribution is 0.249. The Labute approximate surface area is 122 Å². The fourth-order valence-electron chi connectivity index (χ4n) is 2.40. The number of rotatable bonds is 4. The standard InChI is InChI=1S/C12H18BrN3O2S/c1-14-8-11-4-2-3-5-16(11)19(17,18)12-6-10(13)7-15-9-12/h6-7,9,11,14H,2-5,8H2,1H3. The maximum absolute atomic E-state index is 12.7. The van der Waals surface area contributed by atoms with Crippen molar-refractivity contribution in [2.75, 3.05) is 20.1 Å². The summed E-state index contributed by atoms with van der Waals surface area (Å²) in [6.45, 7) is 1.27. The molecule has 1 aliphatic heterocycles. The van der Waals surface area contributed by atoms with Gasteiger partial charge >= 0.3 is 0 Å². The molecule has 0 radical (unpaired) electrons. The fraction of sp³-hybridized carbons (Fsp3) is 0.583. The number of nitrogens with one attached hydrogen (secondary N) is 1. The summed E-state index contributed by atoms with van der Waals surface area (Å²) in [6, 6.07) is 1.63. The molecule has 1 atom stereocenters. The third-order valence-electron chi connectivity index (χ3n) is 3.30. The molecule has 1 aromatic heterocycles. The Morgan fingerprint density at radius 2 is 2.26 bits per heavy atom. The number of pyridine rings is 1. The Morgan fingerprint density at radius 3 is 2.95 bits per heavy atom. The maximum Gasteiger partial charge on any atom is 0.244 e. The van der Waals surface area contributed by atoms with Gasteiger partial charge in [-0.1, -0.05) is 6.42 Å². The number of piperidine rings is 1. The molecule has 19 heavy (non-hydrogen) atoms. The lowest BCUT2D eigenvalue weighted by Gasteiger charge is -2.34. The van der Waals surface area contributed by atoms with Crippen LogP contribution in [0.25, 0.3) is 0 Å². The Balaban J connectivity index is 2.31. The zero-order valence-electron chi connectivity index (χ0n) is 10.8. The second-order valence-corrected chi connectivity index (χ2v) is 7.47. The normalized spacial score (nSPS) is 21.5. The van der Waals surface area contributed by atoms with Crippen LogP contribution in [0.3, 0.4) is 0 Å². The van der Waals surface area contributed by atoms with E-state index in [4.69, 9.17) is 0 Å². The highest BCUT2D eigenvalue weighted by Crippen LogP contribution is 2.25. The van der Waals surface area contributed by atoms with Crippen molar-refractivity contribution in [2.24, 2.45) is 0 Å². The third-order valence-corrected chi connectivity index (χ3v) is 5.65. The van der Waals surface area contributed by atoms with Gasteiger partial charge in [-0.15, -0.1) is 0 Å². The molecule has 1 N–H and O–H groups in total. The van der Waals surface area contributed by atoms with E-state index in [2.05, 4.69) is 26.2 Å². The number of likely N-dealkylation sites (N-methyl/N-ethyl adjacent to an activating group) is 1. The van der Waals surface area contributed by atoms with Gasteiger partial charge in [0.25, 0.3) is 0 Å². The third kappa shape index (κ3) is 3.34. The van der Waals surface area contributed by atoms with E-state index in [1.54, 1.807) is 16.6 Å². The molecule has 0 spiro atoms. The molecular formula is C12H18BrN3O2S.